The second-order valence-corrected chi connectivity index (χ2v) is 5.49. The molecule has 18 heavy (non-hydrogen) atoms. The minimum absolute atomic E-state index is 0.171. The lowest BCUT2D eigenvalue weighted by atomic mass is 10.1. The summed E-state index contributed by atoms with van der Waals surface area (Å²) in [6.07, 6.45) is 6.37. The number of pyridine rings is 2. The molecule has 0 fully saturated rings. The van der Waals surface area contributed by atoms with Gasteiger partial charge in [-0.3, -0.25) is 4.98 Å². The van der Waals surface area contributed by atoms with E-state index in [0.29, 0.717) is 0 Å². The SMILES string of the molecule is Cc1cc(CC(C)N)cnc1Sc1ccncc1. The van der Waals surface area contributed by atoms with Crippen molar-refractivity contribution in [2.24, 2.45) is 5.73 Å². The molecule has 94 valence electrons. The first-order chi connectivity index (χ1) is 8.65. The van der Waals surface area contributed by atoms with Crippen LogP contribution in [0.1, 0.15) is 18.1 Å². The molecule has 1 atom stereocenters. The van der Waals surface area contributed by atoms with Crippen LogP contribution in [-0.2, 0) is 6.42 Å². The van der Waals surface area contributed by atoms with Gasteiger partial charge in [-0.25, -0.2) is 4.98 Å². The van der Waals surface area contributed by atoms with E-state index in [1.807, 2.05) is 25.3 Å². The van der Waals surface area contributed by atoms with Gasteiger partial charge in [0.2, 0.25) is 0 Å². The zero-order valence-electron chi connectivity index (χ0n) is 10.6. The highest BCUT2D eigenvalue weighted by Gasteiger charge is 2.05. The van der Waals surface area contributed by atoms with E-state index in [-0.39, 0.29) is 6.04 Å². The maximum atomic E-state index is 5.80. The number of hydrogen-bond acceptors (Lipinski definition) is 4. The number of nitrogens with zero attached hydrogens (tertiary/aromatic N) is 2. The maximum absolute atomic E-state index is 5.80. The highest BCUT2D eigenvalue weighted by molar-refractivity contribution is 7.99. The second-order valence-electron chi connectivity index (χ2n) is 4.43. The molecule has 0 aromatic carbocycles. The Morgan fingerprint density at radius 3 is 2.67 bits per heavy atom. The van der Waals surface area contributed by atoms with Crippen molar-refractivity contribution >= 4 is 11.8 Å². The average Bonchev–Trinajstić information content (AvgIpc) is 2.33. The lowest BCUT2D eigenvalue weighted by Crippen LogP contribution is -2.17. The van der Waals surface area contributed by atoms with Crippen molar-refractivity contribution in [2.75, 3.05) is 0 Å². The summed E-state index contributed by atoms with van der Waals surface area (Å²) < 4.78 is 0. The predicted molar refractivity (Wildman–Crippen MR) is 74.7 cm³/mol. The molecule has 2 aromatic rings. The van der Waals surface area contributed by atoms with Crippen molar-refractivity contribution in [3.05, 3.63) is 47.9 Å². The zero-order valence-corrected chi connectivity index (χ0v) is 11.4. The van der Waals surface area contributed by atoms with Crippen molar-refractivity contribution in [1.82, 2.24) is 9.97 Å². The minimum atomic E-state index is 0.171. The van der Waals surface area contributed by atoms with Crippen LogP contribution in [0.3, 0.4) is 0 Å². The second kappa shape index (κ2) is 5.98. The largest absolute Gasteiger partial charge is 0.328 e. The molecule has 2 heterocycles. The predicted octanol–water partition coefficient (Wildman–Crippen LogP) is 2.83. The van der Waals surface area contributed by atoms with Gasteiger partial charge in [0.25, 0.3) is 0 Å². The first-order valence-electron chi connectivity index (χ1n) is 5.94. The number of aryl methyl sites for hydroxylation is 1. The van der Waals surface area contributed by atoms with Crippen LogP contribution in [0, 0.1) is 6.92 Å². The average molecular weight is 259 g/mol. The molecule has 2 rings (SSSR count). The van der Waals surface area contributed by atoms with E-state index in [4.69, 9.17) is 5.73 Å². The Bertz CT molecular complexity index is 512. The van der Waals surface area contributed by atoms with Gasteiger partial charge in [-0.2, -0.15) is 0 Å². The molecule has 0 radical (unpaired) electrons. The van der Waals surface area contributed by atoms with Crippen LogP contribution in [-0.4, -0.2) is 16.0 Å². The van der Waals surface area contributed by atoms with E-state index in [1.165, 1.54) is 11.1 Å². The molecule has 4 heteroatoms. The molecule has 0 saturated carbocycles. The zero-order chi connectivity index (χ0) is 13.0. The van der Waals surface area contributed by atoms with Crippen molar-refractivity contribution in [3.63, 3.8) is 0 Å². The molecule has 0 aliphatic heterocycles. The fourth-order valence-electron chi connectivity index (χ4n) is 1.73. The molecule has 3 nitrogen and oxygen atoms in total. The molecule has 0 aliphatic carbocycles. The molecule has 2 aromatic heterocycles. The monoisotopic (exact) mass is 259 g/mol. The van der Waals surface area contributed by atoms with E-state index in [1.54, 1.807) is 24.2 Å². The van der Waals surface area contributed by atoms with Gasteiger partial charge in [0, 0.05) is 29.5 Å². The van der Waals surface area contributed by atoms with E-state index < -0.39 is 0 Å². The number of nitrogens with two attached hydrogens (primary N) is 1. The summed E-state index contributed by atoms with van der Waals surface area (Å²) in [5.41, 5.74) is 8.18. The highest BCUT2D eigenvalue weighted by atomic mass is 32.2. The van der Waals surface area contributed by atoms with E-state index >= 15 is 0 Å². The molecule has 0 bridgehead atoms. The van der Waals surface area contributed by atoms with Crippen molar-refractivity contribution in [1.29, 1.82) is 0 Å². The summed E-state index contributed by atoms with van der Waals surface area (Å²) in [5, 5.41) is 1.04. The topological polar surface area (TPSA) is 51.8 Å². The van der Waals surface area contributed by atoms with Crippen LogP contribution in [0.4, 0.5) is 0 Å². The summed E-state index contributed by atoms with van der Waals surface area (Å²) in [6.45, 7) is 4.09. The van der Waals surface area contributed by atoms with Gasteiger partial charge >= 0.3 is 0 Å². The standard InChI is InChI=1S/C14H17N3S/c1-10-7-12(8-11(2)15)9-17-14(10)18-13-3-5-16-6-4-13/h3-7,9,11H,8,15H2,1-2H3. The number of rotatable bonds is 4. The Hall–Kier alpha value is -1.39. The summed E-state index contributed by atoms with van der Waals surface area (Å²) in [7, 11) is 0. The maximum Gasteiger partial charge on any atom is 0.104 e. The van der Waals surface area contributed by atoms with Gasteiger partial charge in [0.15, 0.2) is 0 Å². The normalized spacial score (nSPS) is 12.4. The Labute approximate surface area is 112 Å². The van der Waals surface area contributed by atoms with Gasteiger partial charge in [-0.05, 0) is 43.5 Å². The lowest BCUT2D eigenvalue weighted by Gasteiger charge is -2.09. The van der Waals surface area contributed by atoms with E-state index in [0.717, 1.165) is 16.3 Å². The third-order valence-electron chi connectivity index (χ3n) is 2.51. The van der Waals surface area contributed by atoms with Crippen LogP contribution in [0.2, 0.25) is 0 Å². The van der Waals surface area contributed by atoms with E-state index in [2.05, 4.69) is 23.0 Å². The Balaban J connectivity index is 2.15. The molecule has 2 N–H and O–H groups in total. The van der Waals surface area contributed by atoms with Gasteiger partial charge < -0.3 is 5.73 Å². The molecular weight excluding hydrogens is 242 g/mol. The first-order valence-corrected chi connectivity index (χ1v) is 6.76. The lowest BCUT2D eigenvalue weighted by molar-refractivity contribution is 0.733. The highest BCUT2D eigenvalue weighted by Crippen LogP contribution is 2.28. The van der Waals surface area contributed by atoms with Crippen molar-refractivity contribution in [2.45, 2.75) is 36.2 Å². The molecule has 0 aliphatic rings. The Kier molecular flexibility index (Phi) is 4.33. The summed E-state index contributed by atoms with van der Waals surface area (Å²) in [6, 6.07) is 6.31. The smallest absolute Gasteiger partial charge is 0.104 e. The minimum Gasteiger partial charge on any atom is -0.328 e. The third kappa shape index (κ3) is 3.55. The molecule has 0 amide bonds. The Morgan fingerprint density at radius 2 is 2.06 bits per heavy atom. The molecular formula is C14H17N3S. The summed E-state index contributed by atoms with van der Waals surface area (Å²) in [5.74, 6) is 0. The van der Waals surface area contributed by atoms with Crippen molar-refractivity contribution in [3.8, 4) is 0 Å². The van der Waals surface area contributed by atoms with Crippen LogP contribution in [0.15, 0.2) is 46.7 Å². The van der Waals surface area contributed by atoms with E-state index in [9.17, 15) is 0 Å². The number of hydrogen-bond donors (Lipinski definition) is 1. The van der Waals surface area contributed by atoms with Gasteiger partial charge in [0.05, 0.1) is 0 Å². The fraction of sp³-hybridized carbons (Fsp3) is 0.286. The van der Waals surface area contributed by atoms with Crippen LogP contribution >= 0.6 is 11.8 Å². The third-order valence-corrected chi connectivity index (χ3v) is 3.64. The Morgan fingerprint density at radius 1 is 1.33 bits per heavy atom. The van der Waals surface area contributed by atoms with Crippen LogP contribution in [0.5, 0.6) is 0 Å². The first kappa shape index (κ1) is 13.1. The van der Waals surface area contributed by atoms with Gasteiger partial charge in [-0.1, -0.05) is 17.8 Å². The summed E-state index contributed by atoms with van der Waals surface area (Å²) in [4.78, 5) is 9.68. The van der Waals surface area contributed by atoms with Gasteiger partial charge in [-0.15, -0.1) is 0 Å². The number of aromatic nitrogens is 2. The van der Waals surface area contributed by atoms with Crippen molar-refractivity contribution < 1.29 is 0 Å². The fourth-order valence-corrected chi connectivity index (χ4v) is 2.54. The molecule has 0 spiro atoms. The van der Waals surface area contributed by atoms with Crippen LogP contribution < -0.4 is 5.73 Å². The van der Waals surface area contributed by atoms with Crippen LogP contribution in [0.25, 0.3) is 0 Å². The molecule has 0 saturated heterocycles. The molecule has 1 unspecified atom stereocenters. The quantitative estimate of drug-likeness (QED) is 0.917. The summed E-state index contributed by atoms with van der Waals surface area (Å²) >= 11 is 1.66. The van der Waals surface area contributed by atoms with Gasteiger partial charge in [0.1, 0.15) is 5.03 Å².